The monoisotopic (exact) mass is 356 g/mol. The van der Waals surface area contributed by atoms with E-state index in [1.54, 1.807) is 6.07 Å². The van der Waals surface area contributed by atoms with Crippen LogP contribution < -0.4 is 5.32 Å². The van der Waals surface area contributed by atoms with Crippen LogP contribution in [0.4, 0.5) is 0 Å². The van der Waals surface area contributed by atoms with E-state index in [0.29, 0.717) is 23.5 Å². The van der Waals surface area contributed by atoms with Crippen molar-refractivity contribution in [3.8, 4) is 0 Å². The molecule has 0 aliphatic carbocycles. The van der Waals surface area contributed by atoms with E-state index in [1.807, 2.05) is 17.0 Å². The Morgan fingerprint density at radius 1 is 1.35 bits per heavy atom. The molecule has 1 saturated heterocycles. The highest BCUT2D eigenvalue weighted by Gasteiger charge is 2.24. The summed E-state index contributed by atoms with van der Waals surface area (Å²) in [5, 5.41) is 2.90. The number of piperidine rings is 1. The molecule has 1 heterocycles. The average Bonchev–Trinajstić information content (AvgIpc) is 2.38. The maximum Gasteiger partial charge on any atom is 0.254 e. The molecule has 2 rings (SSSR count). The van der Waals surface area contributed by atoms with E-state index in [1.165, 1.54) is 6.92 Å². The van der Waals surface area contributed by atoms with E-state index < -0.39 is 0 Å². The Labute approximate surface area is 132 Å². The summed E-state index contributed by atoms with van der Waals surface area (Å²) in [6, 6.07) is 5.63. The second kappa shape index (κ2) is 6.63. The van der Waals surface area contributed by atoms with E-state index in [9.17, 15) is 9.59 Å². The van der Waals surface area contributed by atoms with Gasteiger partial charge in [-0.25, -0.2) is 0 Å². The van der Waals surface area contributed by atoms with Gasteiger partial charge >= 0.3 is 0 Å². The molecule has 1 N–H and O–H groups in total. The summed E-state index contributed by atoms with van der Waals surface area (Å²) in [5.74, 6) is -0.0101. The predicted octanol–water partition coefficient (Wildman–Crippen LogP) is 2.48. The van der Waals surface area contributed by atoms with Gasteiger partial charge < -0.3 is 10.2 Å². The van der Waals surface area contributed by atoms with Crippen molar-refractivity contribution in [3.63, 3.8) is 0 Å². The largest absolute Gasteiger partial charge is 0.353 e. The summed E-state index contributed by atoms with van der Waals surface area (Å²) in [6.45, 7) is 2.84. The molecule has 0 unspecified atom stereocenters. The third kappa shape index (κ3) is 3.76. The average molecular weight is 357 g/mol. The second-order valence-corrected chi connectivity index (χ2v) is 6.33. The van der Waals surface area contributed by atoms with E-state index in [0.717, 1.165) is 17.3 Å². The van der Waals surface area contributed by atoms with Crippen LogP contribution in [0.25, 0.3) is 0 Å². The van der Waals surface area contributed by atoms with Gasteiger partial charge in [0.1, 0.15) is 0 Å². The van der Waals surface area contributed by atoms with Gasteiger partial charge in [0.2, 0.25) is 5.91 Å². The molecule has 108 valence electrons. The fraction of sp³-hybridized carbons (Fsp3) is 0.429. The van der Waals surface area contributed by atoms with Crippen LogP contribution in [0.3, 0.4) is 0 Å². The van der Waals surface area contributed by atoms with Crippen molar-refractivity contribution in [1.82, 2.24) is 10.2 Å². The summed E-state index contributed by atoms with van der Waals surface area (Å²) in [4.78, 5) is 25.9. The molecule has 0 atom stereocenters. The third-order valence-electron chi connectivity index (χ3n) is 3.38. The Morgan fingerprint density at radius 3 is 2.55 bits per heavy atom. The van der Waals surface area contributed by atoms with Crippen LogP contribution in [-0.4, -0.2) is 35.8 Å². The minimum Gasteiger partial charge on any atom is -0.353 e. The first-order chi connectivity index (χ1) is 9.47. The fourth-order valence-electron chi connectivity index (χ4n) is 2.37. The Kier molecular flexibility index (Phi) is 5.10. The van der Waals surface area contributed by atoms with Crippen LogP contribution in [0.1, 0.15) is 30.1 Å². The van der Waals surface area contributed by atoms with E-state index in [-0.39, 0.29) is 17.9 Å². The van der Waals surface area contributed by atoms with Crippen LogP contribution in [-0.2, 0) is 4.79 Å². The SMILES string of the molecule is CC(=O)NC1CCN(C(=O)c2ccc(Br)cc2S)CC1. The molecule has 0 saturated carbocycles. The summed E-state index contributed by atoms with van der Waals surface area (Å²) >= 11 is 7.71. The van der Waals surface area contributed by atoms with Crippen molar-refractivity contribution in [2.24, 2.45) is 0 Å². The van der Waals surface area contributed by atoms with Crippen LogP contribution in [0.15, 0.2) is 27.6 Å². The van der Waals surface area contributed by atoms with Crippen molar-refractivity contribution in [3.05, 3.63) is 28.2 Å². The molecular formula is C14H17BrN2O2S. The highest BCUT2D eigenvalue weighted by Crippen LogP contribution is 2.22. The molecule has 2 amide bonds. The summed E-state index contributed by atoms with van der Waals surface area (Å²) in [6.07, 6.45) is 1.59. The number of halogens is 1. The highest BCUT2D eigenvalue weighted by molar-refractivity contribution is 9.10. The standard InChI is InChI=1S/C14H17BrN2O2S/c1-9(18)16-11-4-6-17(7-5-11)14(19)12-3-2-10(15)8-13(12)20/h2-3,8,11,20H,4-7H2,1H3,(H,16,18). The maximum absolute atomic E-state index is 12.4. The smallest absolute Gasteiger partial charge is 0.254 e. The van der Waals surface area contributed by atoms with E-state index in [2.05, 4.69) is 33.9 Å². The minimum atomic E-state index is -0.0136. The Morgan fingerprint density at radius 2 is 2.00 bits per heavy atom. The number of likely N-dealkylation sites (tertiary alicyclic amines) is 1. The molecule has 1 aliphatic heterocycles. The Bertz CT molecular complexity index is 528. The lowest BCUT2D eigenvalue weighted by atomic mass is 10.0. The summed E-state index contributed by atoms with van der Waals surface area (Å²) in [5.41, 5.74) is 0.620. The van der Waals surface area contributed by atoms with Crippen LogP contribution >= 0.6 is 28.6 Å². The number of nitrogens with zero attached hydrogens (tertiary/aromatic N) is 1. The van der Waals surface area contributed by atoms with Crippen LogP contribution in [0.2, 0.25) is 0 Å². The predicted molar refractivity (Wildman–Crippen MR) is 84.1 cm³/mol. The lowest BCUT2D eigenvalue weighted by Crippen LogP contribution is -2.46. The van der Waals surface area contributed by atoms with Crippen molar-refractivity contribution < 1.29 is 9.59 Å². The van der Waals surface area contributed by atoms with Gasteiger partial charge in [0.25, 0.3) is 5.91 Å². The lowest BCUT2D eigenvalue weighted by molar-refractivity contribution is -0.119. The molecule has 20 heavy (non-hydrogen) atoms. The molecule has 0 radical (unpaired) electrons. The minimum absolute atomic E-state index is 0.00350. The molecule has 1 aromatic carbocycles. The number of thiol groups is 1. The lowest BCUT2D eigenvalue weighted by Gasteiger charge is -2.32. The zero-order valence-corrected chi connectivity index (χ0v) is 13.7. The van der Waals surface area contributed by atoms with Gasteiger partial charge in [0.05, 0.1) is 5.56 Å². The normalized spacial score (nSPS) is 16.1. The van der Waals surface area contributed by atoms with Crippen molar-refractivity contribution in [2.75, 3.05) is 13.1 Å². The molecule has 1 fully saturated rings. The molecule has 4 nitrogen and oxygen atoms in total. The zero-order valence-electron chi connectivity index (χ0n) is 11.2. The molecule has 0 bridgehead atoms. The van der Waals surface area contributed by atoms with Gasteiger partial charge in [0.15, 0.2) is 0 Å². The number of rotatable bonds is 2. The van der Waals surface area contributed by atoms with Crippen LogP contribution in [0.5, 0.6) is 0 Å². The topological polar surface area (TPSA) is 49.4 Å². The number of hydrogen-bond donors (Lipinski definition) is 2. The third-order valence-corrected chi connectivity index (χ3v) is 4.24. The quantitative estimate of drug-likeness (QED) is 0.799. The van der Waals surface area contributed by atoms with Crippen molar-refractivity contribution >= 4 is 40.4 Å². The summed E-state index contributed by atoms with van der Waals surface area (Å²) < 4.78 is 0.906. The van der Waals surface area contributed by atoms with E-state index in [4.69, 9.17) is 0 Å². The van der Waals surface area contributed by atoms with Crippen LogP contribution in [0, 0.1) is 0 Å². The first-order valence-electron chi connectivity index (χ1n) is 6.52. The number of hydrogen-bond acceptors (Lipinski definition) is 3. The zero-order chi connectivity index (χ0) is 14.7. The highest BCUT2D eigenvalue weighted by atomic mass is 79.9. The number of carbonyl (C=O) groups is 2. The number of nitrogens with one attached hydrogen (secondary N) is 1. The summed E-state index contributed by atoms with van der Waals surface area (Å²) in [7, 11) is 0. The fourth-order valence-corrected chi connectivity index (χ4v) is 3.22. The van der Waals surface area contributed by atoms with E-state index >= 15 is 0 Å². The van der Waals surface area contributed by atoms with Crippen molar-refractivity contribution in [2.45, 2.75) is 30.7 Å². The van der Waals surface area contributed by atoms with Gasteiger partial charge in [-0.1, -0.05) is 15.9 Å². The number of carbonyl (C=O) groups excluding carboxylic acids is 2. The van der Waals surface area contributed by atoms with Gasteiger partial charge in [-0.05, 0) is 31.0 Å². The molecule has 1 aliphatic rings. The molecule has 0 spiro atoms. The first kappa shape index (κ1) is 15.4. The second-order valence-electron chi connectivity index (χ2n) is 4.93. The van der Waals surface area contributed by atoms with Gasteiger partial charge in [-0.2, -0.15) is 0 Å². The first-order valence-corrected chi connectivity index (χ1v) is 7.76. The number of amides is 2. The van der Waals surface area contributed by atoms with Gasteiger partial charge in [0, 0.05) is 35.4 Å². The Balaban J connectivity index is 1.99. The molecular weight excluding hydrogens is 340 g/mol. The Hall–Kier alpha value is -1.01. The molecule has 0 aromatic heterocycles. The molecule has 6 heteroatoms. The maximum atomic E-state index is 12.4. The van der Waals surface area contributed by atoms with Crippen molar-refractivity contribution in [1.29, 1.82) is 0 Å². The van der Waals surface area contributed by atoms with Gasteiger partial charge in [-0.3, -0.25) is 9.59 Å². The number of benzene rings is 1. The molecule has 1 aromatic rings. The van der Waals surface area contributed by atoms with Gasteiger partial charge in [-0.15, -0.1) is 12.6 Å².